The van der Waals surface area contributed by atoms with Crippen LogP contribution in [0.2, 0.25) is 0 Å². The van der Waals surface area contributed by atoms with Gasteiger partial charge in [-0.3, -0.25) is 4.79 Å². The van der Waals surface area contributed by atoms with Crippen LogP contribution in [0.3, 0.4) is 0 Å². The smallest absolute Gasteiger partial charge is 0.306 e. The second-order valence-electron chi connectivity index (χ2n) is 7.85. The molecule has 0 aromatic heterocycles. The predicted octanol–water partition coefficient (Wildman–Crippen LogP) is 6.28. The third-order valence-corrected chi connectivity index (χ3v) is 5.24. The van der Waals surface area contributed by atoms with E-state index in [1.54, 1.807) is 0 Å². The second kappa shape index (κ2) is 8.51. The summed E-state index contributed by atoms with van der Waals surface area (Å²) in [5, 5.41) is 0. The van der Waals surface area contributed by atoms with Crippen molar-refractivity contribution in [2.75, 3.05) is 6.61 Å². The van der Waals surface area contributed by atoms with Gasteiger partial charge in [-0.15, -0.1) is 0 Å². The molecule has 1 atom stereocenters. The molecular weight excluding hydrogens is 308 g/mol. The molecule has 0 aliphatic heterocycles. The summed E-state index contributed by atoms with van der Waals surface area (Å²) in [6, 6.07) is 8.48. The minimum atomic E-state index is -0.124. The maximum absolute atomic E-state index is 11.7. The minimum Gasteiger partial charge on any atom is -0.466 e. The number of rotatable bonds is 6. The Balaban J connectivity index is 2.15. The summed E-state index contributed by atoms with van der Waals surface area (Å²) in [6.07, 6.45) is 8.69. The number of hydrogen-bond acceptors (Lipinski definition) is 2. The number of benzene rings is 1. The van der Waals surface area contributed by atoms with Crippen molar-refractivity contribution >= 4 is 12.0 Å². The molecule has 0 N–H and O–H groups in total. The highest BCUT2D eigenvalue weighted by Gasteiger charge is 2.26. The van der Waals surface area contributed by atoms with Crippen molar-refractivity contribution in [1.29, 1.82) is 0 Å². The molecule has 2 nitrogen and oxygen atoms in total. The van der Waals surface area contributed by atoms with Gasteiger partial charge in [0.15, 0.2) is 0 Å². The fourth-order valence-electron chi connectivity index (χ4n) is 3.75. The van der Waals surface area contributed by atoms with Crippen LogP contribution < -0.4 is 0 Å². The molecule has 0 fully saturated rings. The molecule has 1 unspecified atom stereocenters. The first kappa shape index (κ1) is 19.5. The van der Waals surface area contributed by atoms with Crippen molar-refractivity contribution < 1.29 is 9.53 Å². The Hall–Kier alpha value is -1.83. The van der Waals surface area contributed by atoms with Crippen LogP contribution in [0.5, 0.6) is 0 Å². The molecule has 0 saturated carbocycles. The van der Waals surface area contributed by atoms with Crippen molar-refractivity contribution in [2.24, 2.45) is 5.41 Å². The van der Waals surface area contributed by atoms with E-state index in [9.17, 15) is 4.79 Å². The van der Waals surface area contributed by atoms with Crippen molar-refractivity contribution in [2.45, 2.75) is 66.2 Å². The van der Waals surface area contributed by atoms with Crippen LogP contribution in [-0.2, 0) is 9.53 Å². The average molecular weight is 341 g/mol. The van der Waals surface area contributed by atoms with Gasteiger partial charge in [-0.2, -0.15) is 0 Å². The van der Waals surface area contributed by atoms with E-state index < -0.39 is 0 Å². The molecular formula is C23H32O2. The maximum Gasteiger partial charge on any atom is 0.306 e. The topological polar surface area (TPSA) is 26.3 Å². The maximum atomic E-state index is 11.7. The van der Waals surface area contributed by atoms with Gasteiger partial charge in [-0.1, -0.05) is 62.8 Å². The van der Waals surface area contributed by atoms with Gasteiger partial charge >= 0.3 is 5.97 Å². The Morgan fingerprint density at radius 2 is 2.08 bits per heavy atom. The van der Waals surface area contributed by atoms with Crippen LogP contribution in [0.4, 0.5) is 0 Å². The molecule has 0 amide bonds. The lowest BCUT2D eigenvalue weighted by Gasteiger charge is -2.32. The molecule has 25 heavy (non-hydrogen) atoms. The standard InChI is InChI=1S/C23H32O2/c1-6-25-22(24)15-18(3)20-11-7-10-19(16-20)12-13-21-17(2)9-8-14-23(21,4)5/h7,10-13,16,18H,6,8-9,14-15H2,1-5H3. The van der Waals surface area contributed by atoms with E-state index in [0.717, 1.165) is 0 Å². The summed E-state index contributed by atoms with van der Waals surface area (Å²) in [6.45, 7) is 11.3. The van der Waals surface area contributed by atoms with Gasteiger partial charge in [0.25, 0.3) is 0 Å². The zero-order chi connectivity index (χ0) is 18.4. The quantitative estimate of drug-likeness (QED) is 0.569. The van der Waals surface area contributed by atoms with Crippen LogP contribution in [0, 0.1) is 5.41 Å². The van der Waals surface area contributed by atoms with Gasteiger partial charge in [0.05, 0.1) is 13.0 Å². The Labute approximate surface area is 153 Å². The fraction of sp³-hybridized carbons (Fsp3) is 0.522. The zero-order valence-corrected chi connectivity index (χ0v) is 16.4. The Morgan fingerprint density at radius 1 is 1.32 bits per heavy atom. The Bertz CT molecular complexity index is 664. The lowest BCUT2D eigenvalue weighted by atomic mass is 9.72. The van der Waals surface area contributed by atoms with E-state index in [4.69, 9.17) is 4.74 Å². The van der Waals surface area contributed by atoms with Gasteiger partial charge in [0, 0.05) is 0 Å². The number of carbonyl (C=O) groups is 1. The summed E-state index contributed by atoms with van der Waals surface area (Å²) in [5.41, 5.74) is 5.62. The first-order chi connectivity index (χ1) is 11.8. The van der Waals surface area contributed by atoms with E-state index >= 15 is 0 Å². The first-order valence-electron chi connectivity index (χ1n) is 9.47. The molecule has 0 saturated heterocycles. The van der Waals surface area contributed by atoms with Crippen LogP contribution in [0.1, 0.15) is 77.3 Å². The summed E-state index contributed by atoms with van der Waals surface area (Å²) < 4.78 is 5.07. The largest absolute Gasteiger partial charge is 0.466 e. The molecule has 136 valence electrons. The molecule has 0 spiro atoms. The Morgan fingerprint density at radius 3 is 2.76 bits per heavy atom. The van der Waals surface area contributed by atoms with Gasteiger partial charge in [0.1, 0.15) is 0 Å². The number of esters is 1. The molecule has 0 radical (unpaired) electrons. The number of carbonyl (C=O) groups excluding carboxylic acids is 1. The van der Waals surface area contributed by atoms with E-state index in [2.05, 4.69) is 64.1 Å². The first-order valence-corrected chi connectivity index (χ1v) is 9.47. The molecule has 1 aromatic rings. The lowest BCUT2D eigenvalue weighted by Crippen LogP contribution is -2.18. The third-order valence-electron chi connectivity index (χ3n) is 5.24. The van der Waals surface area contributed by atoms with Crippen LogP contribution in [-0.4, -0.2) is 12.6 Å². The summed E-state index contributed by atoms with van der Waals surface area (Å²) in [5.74, 6) is 0.0418. The monoisotopic (exact) mass is 340 g/mol. The summed E-state index contributed by atoms with van der Waals surface area (Å²) in [7, 11) is 0. The molecule has 0 bridgehead atoms. The molecule has 1 aromatic carbocycles. The molecule has 2 heteroatoms. The molecule has 2 rings (SSSR count). The lowest BCUT2D eigenvalue weighted by molar-refractivity contribution is -0.143. The normalized spacial score (nSPS) is 18.4. The van der Waals surface area contributed by atoms with Crippen molar-refractivity contribution in [3.8, 4) is 0 Å². The van der Waals surface area contributed by atoms with E-state index in [1.807, 2.05) is 6.92 Å². The molecule has 1 aliphatic carbocycles. The van der Waals surface area contributed by atoms with E-state index in [0.29, 0.717) is 13.0 Å². The fourth-order valence-corrected chi connectivity index (χ4v) is 3.75. The van der Waals surface area contributed by atoms with E-state index in [-0.39, 0.29) is 17.3 Å². The van der Waals surface area contributed by atoms with Gasteiger partial charge in [0.2, 0.25) is 0 Å². The average Bonchev–Trinajstić information content (AvgIpc) is 2.54. The number of allylic oxidation sites excluding steroid dienone is 3. The predicted molar refractivity (Wildman–Crippen MR) is 105 cm³/mol. The van der Waals surface area contributed by atoms with Crippen molar-refractivity contribution in [1.82, 2.24) is 0 Å². The zero-order valence-electron chi connectivity index (χ0n) is 16.4. The number of hydrogen-bond donors (Lipinski definition) is 0. The van der Waals surface area contributed by atoms with Crippen LogP contribution in [0.25, 0.3) is 6.08 Å². The van der Waals surface area contributed by atoms with Crippen molar-refractivity contribution in [3.63, 3.8) is 0 Å². The summed E-state index contributed by atoms with van der Waals surface area (Å²) >= 11 is 0. The summed E-state index contributed by atoms with van der Waals surface area (Å²) in [4.78, 5) is 11.7. The van der Waals surface area contributed by atoms with Crippen LogP contribution >= 0.6 is 0 Å². The SMILES string of the molecule is CCOC(=O)CC(C)c1cccc(C=CC2=C(C)CCCC2(C)C)c1. The molecule has 1 aliphatic rings. The highest BCUT2D eigenvalue weighted by Crippen LogP contribution is 2.41. The minimum absolute atomic E-state index is 0.124. The van der Waals surface area contributed by atoms with Crippen molar-refractivity contribution in [3.05, 3.63) is 52.6 Å². The van der Waals surface area contributed by atoms with Gasteiger partial charge < -0.3 is 4.74 Å². The van der Waals surface area contributed by atoms with E-state index in [1.165, 1.54) is 41.5 Å². The molecule has 0 heterocycles. The van der Waals surface area contributed by atoms with Crippen LogP contribution in [0.15, 0.2) is 41.5 Å². The highest BCUT2D eigenvalue weighted by molar-refractivity contribution is 5.70. The Kier molecular flexibility index (Phi) is 6.64. The van der Waals surface area contributed by atoms with Gasteiger partial charge in [-0.05, 0) is 61.1 Å². The third kappa shape index (κ3) is 5.32. The second-order valence-corrected chi connectivity index (χ2v) is 7.85. The number of ether oxygens (including phenoxy) is 1. The van der Waals surface area contributed by atoms with Gasteiger partial charge in [-0.25, -0.2) is 0 Å². The highest BCUT2D eigenvalue weighted by atomic mass is 16.5.